The van der Waals surface area contributed by atoms with Gasteiger partial charge < -0.3 is 14.4 Å². The number of pyridine rings is 1. The third-order valence-corrected chi connectivity index (χ3v) is 6.67. The minimum atomic E-state index is -0.0638. The maximum atomic E-state index is 6.26. The smallest absolute Gasteiger partial charge is 0.230 e. The van der Waals surface area contributed by atoms with Crippen LogP contribution in [0.5, 0.6) is 5.88 Å². The first-order valence-electron chi connectivity index (χ1n) is 10.9. The molecule has 1 saturated carbocycles. The number of aryl methyl sites for hydroxylation is 3. The SMILES string of the molecule is Cc1cc2c(OC[C@@H]3CC3(C)C)nc(N3CCO[C@@H](c4cnn(C)c4)C3)nc2nc1C. The van der Waals surface area contributed by atoms with Crippen LogP contribution in [0, 0.1) is 25.2 Å². The molecule has 164 valence electrons. The van der Waals surface area contributed by atoms with Crippen molar-refractivity contribution < 1.29 is 9.47 Å². The van der Waals surface area contributed by atoms with Crippen molar-refractivity contribution in [3.05, 3.63) is 35.3 Å². The van der Waals surface area contributed by atoms with Crippen molar-refractivity contribution in [3.63, 3.8) is 0 Å². The van der Waals surface area contributed by atoms with Gasteiger partial charge in [0.25, 0.3) is 0 Å². The van der Waals surface area contributed by atoms with Gasteiger partial charge in [-0.2, -0.15) is 15.1 Å². The van der Waals surface area contributed by atoms with Gasteiger partial charge in [0.1, 0.15) is 6.10 Å². The number of ether oxygens (including phenoxy) is 2. The summed E-state index contributed by atoms with van der Waals surface area (Å²) in [7, 11) is 1.91. The van der Waals surface area contributed by atoms with E-state index < -0.39 is 0 Å². The number of fused-ring (bicyclic) bond motifs is 1. The van der Waals surface area contributed by atoms with Crippen molar-refractivity contribution in [2.45, 2.75) is 40.2 Å². The van der Waals surface area contributed by atoms with E-state index in [1.807, 2.05) is 26.4 Å². The molecule has 0 spiro atoms. The van der Waals surface area contributed by atoms with E-state index in [4.69, 9.17) is 24.4 Å². The van der Waals surface area contributed by atoms with Crippen LogP contribution in [0.3, 0.4) is 0 Å². The van der Waals surface area contributed by atoms with E-state index >= 15 is 0 Å². The molecule has 1 aliphatic heterocycles. The number of nitrogens with zero attached hydrogens (tertiary/aromatic N) is 6. The van der Waals surface area contributed by atoms with Crippen molar-refractivity contribution in [1.82, 2.24) is 24.7 Å². The van der Waals surface area contributed by atoms with E-state index in [0.717, 1.165) is 28.8 Å². The number of rotatable bonds is 5. The third kappa shape index (κ3) is 3.96. The number of hydrogen-bond acceptors (Lipinski definition) is 7. The molecule has 31 heavy (non-hydrogen) atoms. The fourth-order valence-electron chi connectivity index (χ4n) is 4.14. The Morgan fingerprint density at radius 2 is 2.03 bits per heavy atom. The molecule has 3 aromatic rings. The van der Waals surface area contributed by atoms with E-state index in [1.54, 1.807) is 4.68 Å². The molecule has 0 radical (unpaired) electrons. The first kappa shape index (κ1) is 20.2. The summed E-state index contributed by atoms with van der Waals surface area (Å²) in [5, 5.41) is 5.16. The predicted molar refractivity (Wildman–Crippen MR) is 118 cm³/mol. The second kappa shape index (κ2) is 7.44. The average molecular weight is 423 g/mol. The van der Waals surface area contributed by atoms with Crippen LogP contribution in [-0.2, 0) is 11.8 Å². The van der Waals surface area contributed by atoms with Gasteiger partial charge in [0.2, 0.25) is 11.8 Å². The molecule has 0 unspecified atom stereocenters. The van der Waals surface area contributed by atoms with Crippen LogP contribution in [0.15, 0.2) is 18.5 Å². The zero-order valence-corrected chi connectivity index (χ0v) is 18.9. The van der Waals surface area contributed by atoms with Gasteiger partial charge in [-0.05, 0) is 43.2 Å². The molecule has 1 aliphatic carbocycles. The molecule has 0 N–H and O–H groups in total. The Morgan fingerprint density at radius 3 is 2.74 bits per heavy atom. The van der Waals surface area contributed by atoms with Crippen molar-refractivity contribution in [2.24, 2.45) is 18.4 Å². The fourth-order valence-corrected chi connectivity index (χ4v) is 4.14. The number of morpholine rings is 1. The molecule has 2 atom stereocenters. The lowest BCUT2D eigenvalue weighted by atomic mass is 10.1. The van der Waals surface area contributed by atoms with Gasteiger partial charge in [-0.3, -0.25) is 4.68 Å². The molecule has 1 saturated heterocycles. The summed E-state index contributed by atoms with van der Waals surface area (Å²) >= 11 is 0. The monoisotopic (exact) mass is 422 g/mol. The second-order valence-corrected chi connectivity index (χ2v) is 9.54. The molecule has 4 heterocycles. The van der Waals surface area contributed by atoms with Crippen LogP contribution in [0.2, 0.25) is 0 Å². The molecule has 8 nitrogen and oxygen atoms in total. The molecular formula is C23H30N6O2. The highest BCUT2D eigenvalue weighted by molar-refractivity contribution is 5.82. The minimum Gasteiger partial charge on any atom is -0.477 e. The number of hydrogen-bond donors (Lipinski definition) is 0. The normalized spacial score (nSPS) is 22.7. The highest BCUT2D eigenvalue weighted by atomic mass is 16.5. The molecular weight excluding hydrogens is 392 g/mol. The van der Waals surface area contributed by atoms with Gasteiger partial charge in [0, 0.05) is 31.0 Å². The Morgan fingerprint density at radius 1 is 1.23 bits per heavy atom. The summed E-state index contributed by atoms with van der Waals surface area (Å²) in [6, 6.07) is 2.09. The van der Waals surface area contributed by atoms with Crippen LogP contribution >= 0.6 is 0 Å². The number of anilines is 1. The Labute approximate surface area is 182 Å². The highest BCUT2D eigenvalue weighted by Crippen LogP contribution is 2.51. The van der Waals surface area contributed by atoms with Gasteiger partial charge in [-0.1, -0.05) is 13.8 Å². The van der Waals surface area contributed by atoms with Gasteiger partial charge >= 0.3 is 0 Å². The van der Waals surface area contributed by atoms with E-state index in [2.05, 4.69) is 36.8 Å². The van der Waals surface area contributed by atoms with Crippen molar-refractivity contribution >= 4 is 17.0 Å². The lowest BCUT2D eigenvalue weighted by Gasteiger charge is -2.32. The molecule has 2 aliphatic rings. The standard InChI is InChI=1S/C23H30N6O2/c1-14-8-18-20(25-15(14)2)26-22(27-21(18)31-13-17-9-23(17,3)4)29-6-7-30-19(12-29)16-10-24-28(5)11-16/h8,10-11,17,19H,6-7,9,12-13H2,1-5H3/t17-,19+/m0/s1. The van der Waals surface area contributed by atoms with Crippen LogP contribution in [0.4, 0.5) is 5.95 Å². The maximum Gasteiger partial charge on any atom is 0.230 e. The molecule has 0 aromatic carbocycles. The highest BCUT2D eigenvalue weighted by Gasteiger charge is 2.46. The van der Waals surface area contributed by atoms with E-state index in [1.165, 1.54) is 6.42 Å². The van der Waals surface area contributed by atoms with Gasteiger partial charge in [-0.15, -0.1) is 0 Å². The summed E-state index contributed by atoms with van der Waals surface area (Å²) in [6.07, 6.45) is 4.98. The zero-order valence-electron chi connectivity index (χ0n) is 18.9. The van der Waals surface area contributed by atoms with E-state index in [0.29, 0.717) is 48.6 Å². The molecule has 0 amide bonds. The Bertz CT molecular complexity index is 1120. The molecule has 8 heteroatoms. The minimum absolute atomic E-state index is 0.0638. The molecule has 0 bridgehead atoms. The summed E-state index contributed by atoms with van der Waals surface area (Å²) < 4.78 is 14.0. The van der Waals surface area contributed by atoms with E-state index in [-0.39, 0.29) is 6.10 Å². The Balaban J connectivity index is 1.46. The molecule has 5 rings (SSSR count). The van der Waals surface area contributed by atoms with Crippen LogP contribution in [0.1, 0.15) is 43.2 Å². The van der Waals surface area contributed by atoms with Gasteiger partial charge in [0.15, 0.2) is 5.65 Å². The average Bonchev–Trinajstić information content (AvgIpc) is 3.13. The summed E-state index contributed by atoms with van der Waals surface area (Å²) in [5.41, 5.74) is 4.19. The fraction of sp³-hybridized carbons (Fsp3) is 0.565. The predicted octanol–water partition coefficient (Wildman–Crippen LogP) is 3.38. The van der Waals surface area contributed by atoms with Crippen LogP contribution in [-0.4, -0.2) is 51.0 Å². The summed E-state index contributed by atoms with van der Waals surface area (Å²) in [5.74, 6) is 1.84. The van der Waals surface area contributed by atoms with Gasteiger partial charge in [0.05, 0.1) is 31.3 Å². The van der Waals surface area contributed by atoms with Crippen LogP contribution in [0.25, 0.3) is 11.0 Å². The molecule has 2 fully saturated rings. The first-order valence-corrected chi connectivity index (χ1v) is 10.9. The lowest BCUT2D eigenvalue weighted by Crippen LogP contribution is -2.39. The second-order valence-electron chi connectivity index (χ2n) is 9.54. The van der Waals surface area contributed by atoms with Crippen molar-refractivity contribution in [1.29, 1.82) is 0 Å². The summed E-state index contributed by atoms with van der Waals surface area (Å²) in [4.78, 5) is 16.6. The molecule has 3 aromatic heterocycles. The Hall–Kier alpha value is -2.74. The third-order valence-electron chi connectivity index (χ3n) is 6.67. The zero-order chi connectivity index (χ0) is 21.8. The Kier molecular flexibility index (Phi) is 4.84. The topological polar surface area (TPSA) is 78.2 Å². The maximum absolute atomic E-state index is 6.26. The largest absolute Gasteiger partial charge is 0.477 e. The summed E-state index contributed by atoms with van der Waals surface area (Å²) in [6.45, 7) is 11.3. The van der Waals surface area contributed by atoms with Crippen molar-refractivity contribution in [3.8, 4) is 5.88 Å². The van der Waals surface area contributed by atoms with Gasteiger partial charge in [-0.25, -0.2) is 4.98 Å². The lowest BCUT2D eigenvalue weighted by molar-refractivity contribution is 0.0391. The van der Waals surface area contributed by atoms with E-state index in [9.17, 15) is 0 Å². The van der Waals surface area contributed by atoms with Crippen LogP contribution < -0.4 is 9.64 Å². The quantitative estimate of drug-likeness (QED) is 0.624. The van der Waals surface area contributed by atoms with Crippen molar-refractivity contribution in [2.75, 3.05) is 31.2 Å². The first-order chi connectivity index (χ1) is 14.8. The number of aromatic nitrogens is 5.